The molecule has 2 aromatic rings. The Morgan fingerprint density at radius 2 is 2.18 bits per heavy atom. The molecule has 2 aromatic heterocycles. The lowest BCUT2D eigenvalue weighted by molar-refractivity contribution is -0.124. The van der Waals surface area contributed by atoms with E-state index in [1.165, 1.54) is 0 Å². The molecule has 0 bridgehead atoms. The van der Waals surface area contributed by atoms with Crippen molar-refractivity contribution in [1.29, 1.82) is 0 Å². The zero-order chi connectivity index (χ0) is 20.1. The molecule has 3 heterocycles. The summed E-state index contributed by atoms with van der Waals surface area (Å²) < 4.78 is 0. The van der Waals surface area contributed by atoms with Crippen molar-refractivity contribution in [3.8, 4) is 0 Å². The topological polar surface area (TPSA) is 91.0 Å². The molecule has 0 spiro atoms. The van der Waals surface area contributed by atoms with E-state index in [9.17, 15) is 9.59 Å². The average molecular weight is 383 g/mol. The van der Waals surface area contributed by atoms with Crippen molar-refractivity contribution in [2.24, 2.45) is 11.8 Å². The summed E-state index contributed by atoms with van der Waals surface area (Å²) in [4.78, 5) is 31.3. The molecule has 7 nitrogen and oxygen atoms in total. The lowest BCUT2D eigenvalue weighted by atomic mass is 9.89. The van der Waals surface area contributed by atoms with E-state index in [1.54, 1.807) is 23.2 Å². The number of piperidine rings is 1. The Labute approximate surface area is 165 Å². The van der Waals surface area contributed by atoms with Crippen LogP contribution in [0, 0.1) is 18.8 Å². The van der Waals surface area contributed by atoms with Gasteiger partial charge in [-0.2, -0.15) is 5.10 Å². The molecule has 150 valence electrons. The highest BCUT2D eigenvalue weighted by molar-refractivity contribution is 5.94. The molecule has 1 atom stereocenters. The van der Waals surface area contributed by atoms with Crippen molar-refractivity contribution in [2.75, 3.05) is 18.4 Å². The number of hydrogen-bond acceptors (Lipinski definition) is 5. The molecule has 1 saturated heterocycles. The Morgan fingerprint density at radius 1 is 1.36 bits per heavy atom. The van der Waals surface area contributed by atoms with Crippen LogP contribution in [-0.4, -0.2) is 44.9 Å². The van der Waals surface area contributed by atoms with Crippen LogP contribution in [-0.2, 0) is 11.3 Å². The second kappa shape index (κ2) is 8.99. The summed E-state index contributed by atoms with van der Waals surface area (Å²) in [7, 11) is 0. The first-order chi connectivity index (χ1) is 13.4. The number of aryl methyl sites for hydroxylation is 1. The molecule has 3 rings (SSSR count). The van der Waals surface area contributed by atoms with Crippen molar-refractivity contribution in [3.05, 3.63) is 41.3 Å². The van der Waals surface area contributed by atoms with Gasteiger partial charge in [-0.3, -0.25) is 14.7 Å². The average Bonchev–Trinajstić information content (AvgIpc) is 3.11. The van der Waals surface area contributed by atoms with Gasteiger partial charge in [-0.05, 0) is 43.9 Å². The highest BCUT2D eigenvalue weighted by Gasteiger charge is 2.29. The van der Waals surface area contributed by atoms with Crippen LogP contribution in [0.4, 0.5) is 5.82 Å². The molecule has 0 aromatic carbocycles. The Bertz CT molecular complexity index is 812. The van der Waals surface area contributed by atoms with Crippen molar-refractivity contribution in [3.63, 3.8) is 0 Å². The van der Waals surface area contributed by atoms with E-state index in [0.29, 0.717) is 43.4 Å². The van der Waals surface area contributed by atoms with Crippen molar-refractivity contribution in [2.45, 2.75) is 46.6 Å². The summed E-state index contributed by atoms with van der Waals surface area (Å²) in [6, 6.07) is 5.56. The second-order valence-corrected chi connectivity index (χ2v) is 7.98. The Kier molecular flexibility index (Phi) is 6.44. The number of nitrogens with one attached hydrogen (secondary N) is 2. The van der Waals surface area contributed by atoms with E-state index >= 15 is 0 Å². The van der Waals surface area contributed by atoms with Gasteiger partial charge in [-0.25, -0.2) is 4.98 Å². The highest BCUT2D eigenvalue weighted by atomic mass is 16.2. The quantitative estimate of drug-likeness (QED) is 0.766. The van der Waals surface area contributed by atoms with Gasteiger partial charge in [0.15, 0.2) is 0 Å². The molecule has 0 unspecified atom stereocenters. The number of H-pyrrole nitrogens is 1. The first-order valence-corrected chi connectivity index (χ1v) is 9.95. The van der Waals surface area contributed by atoms with E-state index in [1.807, 2.05) is 13.0 Å². The number of Topliss-reactive ketones (excluding diaryl/α,β-unsaturated/α-hetero) is 1. The van der Waals surface area contributed by atoms with Crippen molar-refractivity contribution in [1.82, 2.24) is 20.1 Å². The molecule has 7 heteroatoms. The zero-order valence-corrected chi connectivity index (χ0v) is 16.9. The number of rotatable bonds is 7. The highest BCUT2D eigenvalue weighted by Crippen LogP contribution is 2.22. The van der Waals surface area contributed by atoms with Gasteiger partial charge in [0.05, 0.1) is 17.8 Å². The lowest BCUT2D eigenvalue weighted by Crippen LogP contribution is -2.42. The summed E-state index contributed by atoms with van der Waals surface area (Å²) in [5, 5.41) is 10.3. The smallest absolute Gasteiger partial charge is 0.255 e. The molecule has 28 heavy (non-hydrogen) atoms. The van der Waals surface area contributed by atoms with Crippen LogP contribution in [0.2, 0.25) is 0 Å². The van der Waals surface area contributed by atoms with Crippen LogP contribution >= 0.6 is 0 Å². The van der Waals surface area contributed by atoms with Crippen LogP contribution in [0.5, 0.6) is 0 Å². The Hall–Kier alpha value is -2.70. The fourth-order valence-corrected chi connectivity index (χ4v) is 3.55. The maximum absolute atomic E-state index is 12.8. The molecule has 0 aliphatic carbocycles. The van der Waals surface area contributed by atoms with Gasteiger partial charge in [0.25, 0.3) is 5.91 Å². The number of pyridine rings is 1. The number of likely N-dealkylation sites (tertiary alicyclic amines) is 1. The first-order valence-electron chi connectivity index (χ1n) is 9.95. The second-order valence-electron chi connectivity index (χ2n) is 7.98. The standard InChI is InChI=1S/C21H29N5O2/c1-14(2)9-19(27)17-5-4-8-26(13-17)21(28)16-6-7-20(22-11-16)23-12-18-10-15(3)24-25-18/h6-7,10-11,14,17H,4-5,8-9,12-13H2,1-3H3,(H,22,23)(H,24,25)/t17-/m1/s1. The van der Waals surface area contributed by atoms with Gasteiger partial charge >= 0.3 is 0 Å². The summed E-state index contributed by atoms with van der Waals surface area (Å²) in [5.74, 6) is 1.24. The third kappa shape index (κ3) is 5.18. The third-order valence-electron chi connectivity index (χ3n) is 4.99. The molecular formula is C21H29N5O2. The van der Waals surface area contributed by atoms with Crippen LogP contribution < -0.4 is 5.32 Å². The van der Waals surface area contributed by atoms with E-state index in [-0.39, 0.29) is 17.6 Å². The normalized spacial score (nSPS) is 17.0. The Balaban J connectivity index is 1.56. The van der Waals surface area contributed by atoms with Gasteiger partial charge in [0.1, 0.15) is 11.6 Å². The number of aromatic nitrogens is 3. The summed E-state index contributed by atoms with van der Waals surface area (Å²) in [5.41, 5.74) is 2.47. The number of carbonyl (C=O) groups excluding carboxylic acids is 2. The maximum Gasteiger partial charge on any atom is 0.255 e. The number of aromatic amines is 1. The van der Waals surface area contributed by atoms with Crippen molar-refractivity contribution < 1.29 is 9.59 Å². The summed E-state index contributed by atoms with van der Waals surface area (Å²) in [6.07, 6.45) is 3.93. The molecule has 2 N–H and O–H groups in total. The molecule has 1 aliphatic heterocycles. The lowest BCUT2D eigenvalue weighted by Gasteiger charge is -2.32. The van der Waals surface area contributed by atoms with Gasteiger partial charge in [0, 0.05) is 37.3 Å². The molecule has 1 amide bonds. The zero-order valence-electron chi connectivity index (χ0n) is 16.9. The molecular weight excluding hydrogens is 354 g/mol. The number of carbonyl (C=O) groups is 2. The minimum absolute atomic E-state index is 0.0358. The van der Waals surface area contributed by atoms with Crippen LogP contribution in [0.15, 0.2) is 24.4 Å². The third-order valence-corrected chi connectivity index (χ3v) is 4.99. The van der Waals surface area contributed by atoms with Gasteiger partial charge in [-0.1, -0.05) is 13.8 Å². The van der Waals surface area contributed by atoms with Gasteiger partial charge < -0.3 is 10.2 Å². The van der Waals surface area contributed by atoms with Gasteiger partial charge in [0.2, 0.25) is 0 Å². The minimum atomic E-state index is -0.0518. The fourth-order valence-electron chi connectivity index (χ4n) is 3.55. The number of ketones is 1. The molecule has 0 saturated carbocycles. The number of anilines is 1. The number of nitrogens with zero attached hydrogens (tertiary/aromatic N) is 3. The predicted octanol–water partition coefficient (Wildman–Crippen LogP) is 3.19. The SMILES string of the molecule is Cc1cc(CNc2ccc(C(=O)N3CCC[C@@H](C(=O)CC(C)C)C3)cn2)n[nH]1. The van der Waals surface area contributed by atoms with E-state index < -0.39 is 0 Å². The fraction of sp³-hybridized carbons (Fsp3) is 0.524. The molecule has 1 aliphatic rings. The predicted molar refractivity (Wildman–Crippen MR) is 108 cm³/mol. The molecule has 1 fully saturated rings. The maximum atomic E-state index is 12.8. The van der Waals surface area contributed by atoms with Crippen molar-refractivity contribution >= 4 is 17.5 Å². The van der Waals surface area contributed by atoms with Crippen LogP contribution in [0.1, 0.15) is 54.9 Å². The summed E-state index contributed by atoms with van der Waals surface area (Å²) >= 11 is 0. The van der Waals surface area contributed by atoms with Crippen LogP contribution in [0.25, 0.3) is 0 Å². The molecule has 0 radical (unpaired) electrons. The first kappa shape index (κ1) is 20.0. The van der Waals surface area contributed by atoms with Gasteiger partial charge in [-0.15, -0.1) is 0 Å². The van der Waals surface area contributed by atoms with E-state index in [0.717, 1.165) is 24.2 Å². The largest absolute Gasteiger partial charge is 0.364 e. The number of hydrogen-bond donors (Lipinski definition) is 2. The van der Waals surface area contributed by atoms with E-state index in [2.05, 4.69) is 34.3 Å². The Morgan fingerprint density at radius 3 is 2.82 bits per heavy atom. The minimum Gasteiger partial charge on any atom is -0.364 e. The van der Waals surface area contributed by atoms with Crippen LogP contribution in [0.3, 0.4) is 0 Å². The van der Waals surface area contributed by atoms with E-state index in [4.69, 9.17) is 0 Å². The monoisotopic (exact) mass is 383 g/mol. The number of amides is 1. The summed E-state index contributed by atoms with van der Waals surface area (Å²) in [6.45, 7) is 7.84.